The Morgan fingerprint density at radius 1 is 1.56 bits per heavy atom. The largest absolute Gasteiger partial charge is 0.480 e. The summed E-state index contributed by atoms with van der Waals surface area (Å²) in [5.74, 6) is -0.957. The van der Waals surface area contributed by atoms with E-state index in [1.54, 1.807) is 12.0 Å². The van der Waals surface area contributed by atoms with E-state index >= 15 is 0 Å². The molecule has 18 heavy (non-hydrogen) atoms. The highest BCUT2D eigenvalue weighted by Gasteiger charge is 2.30. The summed E-state index contributed by atoms with van der Waals surface area (Å²) in [7, 11) is 1.61. The molecule has 0 aromatic carbocycles. The number of nitrogens with zero attached hydrogens (tertiary/aromatic N) is 1. The van der Waals surface area contributed by atoms with Gasteiger partial charge in [0.1, 0.15) is 0 Å². The Hall–Kier alpha value is -1.34. The van der Waals surface area contributed by atoms with Crippen molar-refractivity contribution in [1.82, 2.24) is 10.2 Å². The van der Waals surface area contributed by atoms with Crippen molar-refractivity contribution in [2.75, 3.05) is 26.8 Å². The zero-order chi connectivity index (χ0) is 13.7. The van der Waals surface area contributed by atoms with E-state index in [4.69, 9.17) is 9.84 Å². The van der Waals surface area contributed by atoms with Gasteiger partial charge in [0.15, 0.2) is 6.04 Å². The van der Waals surface area contributed by atoms with Crippen LogP contribution in [0.15, 0.2) is 0 Å². The molecule has 7 nitrogen and oxygen atoms in total. The van der Waals surface area contributed by atoms with Crippen LogP contribution < -0.4 is 5.32 Å². The smallest absolute Gasteiger partial charge is 0.328 e. The first-order valence-corrected chi connectivity index (χ1v) is 5.91. The number of carboxylic acid groups (broad SMARTS) is 1. The predicted molar refractivity (Wildman–Crippen MR) is 63.2 cm³/mol. The standard InChI is InChI=1S/C11H20N2O5/c1-7(14)9(10(15)16)12-11(17)13-4-3-8(5-13)6-18-2/h7-9,14H,3-6H2,1-2H3,(H,12,17)(H,15,16). The number of methoxy groups -OCH3 is 1. The van der Waals surface area contributed by atoms with E-state index in [2.05, 4.69) is 5.32 Å². The number of aliphatic hydroxyl groups is 1. The van der Waals surface area contributed by atoms with Crippen LogP contribution in [0.4, 0.5) is 4.79 Å². The third-order valence-electron chi connectivity index (χ3n) is 3.00. The maximum Gasteiger partial charge on any atom is 0.328 e. The van der Waals surface area contributed by atoms with Gasteiger partial charge in [-0.1, -0.05) is 0 Å². The van der Waals surface area contributed by atoms with Crippen molar-refractivity contribution < 1.29 is 24.5 Å². The molecule has 3 atom stereocenters. The molecule has 0 saturated carbocycles. The molecule has 0 bridgehead atoms. The lowest BCUT2D eigenvalue weighted by molar-refractivity contribution is -0.141. The SMILES string of the molecule is COCC1CCN(C(=O)NC(C(=O)O)C(C)O)C1. The third kappa shape index (κ3) is 3.85. The Bertz CT molecular complexity index is 308. The number of hydrogen-bond acceptors (Lipinski definition) is 4. The van der Waals surface area contributed by atoms with Gasteiger partial charge in [0.05, 0.1) is 12.7 Å². The van der Waals surface area contributed by atoms with E-state index in [1.807, 2.05) is 0 Å². The monoisotopic (exact) mass is 260 g/mol. The predicted octanol–water partition coefficient (Wildman–Crippen LogP) is -0.502. The van der Waals surface area contributed by atoms with Crippen molar-refractivity contribution in [3.8, 4) is 0 Å². The molecule has 0 aromatic rings. The van der Waals surface area contributed by atoms with E-state index in [9.17, 15) is 14.7 Å². The number of likely N-dealkylation sites (tertiary alicyclic amines) is 1. The molecular formula is C11H20N2O5. The van der Waals surface area contributed by atoms with E-state index < -0.39 is 24.1 Å². The average Bonchev–Trinajstić information content (AvgIpc) is 2.73. The van der Waals surface area contributed by atoms with Crippen LogP contribution in [-0.2, 0) is 9.53 Å². The lowest BCUT2D eigenvalue weighted by atomic mass is 10.1. The van der Waals surface area contributed by atoms with Gasteiger partial charge < -0.3 is 25.2 Å². The fourth-order valence-electron chi connectivity index (χ4n) is 2.00. The highest BCUT2D eigenvalue weighted by atomic mass is 16.5. The quantitative estimate of drug-likeness (QED) is 0.619. The minimum absolute atomic E-state index is 0.288. The Kier molecular flexibility index (Phi) is 5.36. The zero-order valence-corrected chi connectivity index (χ0v) is 10.6. The van der Waals surface area contributed by atoms with Gasteiger partial charge in [0, 0.05) is 26.1 Å². The number of carbonyl (C=O) groups is 2. The summed E-state index contributed by atoms with van der Waals surface area (Å²) in [5, 5.41) is 20.5. The number of ether oxygens (including phenoxy) is 1. The van der Waals surface area contributed by atoms with Gasteiger partial charge in [-0.3, -0.25) is 0 Å². The van der Waals surface area contributed by atoms with Crippen LogP contribution in [-0.4, -0.2) is 66.1 Å². The summed E-state index contributed by atoms with van der Waals surface area (Å²) in [6.45, 7) is 3.04. The van der Waals surface area contributed by atoms with Crippen molar-refractivity contribution in [3.63, 3.8) is 0 Å². The van der Waals surface area contributed by atoms with Crippen molar-refractivity contribution in [3.05, 3.63) is 0 Å². The molecule has 1 rings (SSSR count). The number of nitrogens with one attached hydrogen (secondary N) is 1. The van der Waals surface area contributed by atoms with Crippen molar-refractivity contribution in [2.24, 2.45) is 5.92 Å². The molecule has 1 aliphatic rings. The first-order chi connectivity index (χ1) is 8.45. The van der Waals surface area contributed by atoms with E-state index in [0.29, 0.717) is 19.7 Å². The lowest BCUT2D eigenvalue weighted by Crippen LogP contribution is -2.51. The molecule has 7 heteroatoms. The number of rotatable bonds is 5. The first kappa shape index (κ1) is 14.7. The van der Waals surface area contributed by atoms with Gasteiger partial charge in [-0.25, -0.2) is 9.59 Å². The summed E-state index contributed by atoms with van der Waals surface area (Å²) in [6.07, 6.45) is -0.294. The molecule has 1 fully saturated rings. The molecule has 0 aromatic heterocycles. The highest BCUT2D eigenvalue weighted by Crippen LogP contribution is 2.16. The molecular weight excluding hydrogens is 240 g/mol. The Morgan fingerprint density at radius 3 is 2.72 bits per heavy atom. The molecule has 0 radical (unpaired) electrons. The fourth-order valence-corrected chi connectivity index (χ4v) is 2.00. The maximum atomic E-state index is 11.8. The van der Waals surface area contributed by atoms with Crippen molar-refractivity contribution >= 4 is 12.0 Å². The van der Waals surface area contributed by atoms with Gasteiger partial charge in [0.25, 0.3) is 0 Å². The Balaban J connectivity index is 2.48. The number of hydrogen-bond donors (Lipinski definition) is 3. The molecule has 0 aliphatic carbocycles. The summed E-state index contributed by atoms with van der Waals surface area (Å²) in [5.41, 5.74) is 0. The van der Waals surface area contributed by atoms with Gasteiger partial charge >= 0.3 is 12.0 Å². The van der Waals surface area contributed by atoms with Crippen LogP contribution in [0, 0.1) is 5.92 Å². The number of aliphatic hydroxyl groups excluding tert-OH is 1. The molecule has 2 amide bonds. The molecule has 1 aliphatic heterocycles. The van der Waals surface area contributed by atoms with Crippen molar-refractivity contribution in [1.29, 1.82) is 0 Å². The van der Waals surface area contributed by atoms with Crippen LogP contribution in [0.3, 0.4) is 0 Å². The first-order valence-electron chi connectivity index (χ1n) is 5.91. The topological polar surface area (TPSA) is 99.1 Å². The van der Waals surface area contributed by atoms with Crippen molar-refractivity contribution in [2.45, 2.75) is 25.5 Å². The maximum absolute atomic E-state index is 11.8. The Morgan fingerprint density at radius 2 is 2.22 bits per heavy atom. The van der Waals surface area contributed by atoms with Crippen LogP contribution in [0.25, 0.3) is 0 Å². The summed E-state index contributed by atoms with van der Waals surface area (Å²) in [4.78, 5) is 24.2. The van der Waals surface area contributed by atoms with Gasteiger partial charge in [0.2, 0.25) is 0 Å². The normalized spacial score (nSPS) is 22.6. The molecule has 0 spiro atoms. The summed E-state index contributed by atoms with van der Waals surface area (Å²) >= 11 is 0. The number of carbonyl (C=O) groups excluding carboxylic acids is 1. The second kappa shape index (κ2) is 6.55. The minimum Gasteiger partial charge on any atom is -0.480 e. The highest BCUT2D eigenvalue weighted by molar-refractivity contribution is 5.83. The summed E-state index contributed by atoms with van der Waals surface area (Å²) in [6, 6.07) is -1.74. The van der Waals surface area contributed by atoms with Gasteiger partial charge in [-0.05, 0) is 13.3 Å². The number of amides is 2. The molecule has 1 saturated heterocycles. The second-order valence-electron chi connectivity index (χ2n) is 4.56. The van der Waals surface area contributed by atoms with Crippen LogP contribution >= 0.6 is 0 Å². The average molecular weight is 260 g/mol. The van der Waals surface area contributed by atoms with E-state index in [1.165, 1.54) is 6.92 Å². The van der Waals surface area contributed by atoms with Crippen LogP contribution in [0.5, 0.6) is 0 Å². The number of urea groups is 1. The lowest BCUT2D eigenvalue weighted by Gasteiger charge is -2.22. The third-order valence-corrected chi connectivity index (χ3v) is 3.00. The van der Waals surface area contributed by atoms with Crippen LogP contribution in [0.2, 0.25) is 0 Å². The second-order valence-corrected chi connectivity index (χ2v) is 4.56. The number of carboxylic acids is 1. The van der Waals surface area contributed by atoms with Crippen LogP contribution in [0.1, 0.15) is 13.3 Å². The minimum atomic E-state index is -1.28. The number of aliphatic carboxylic acids is 1. The van der Waals surface area contributed by atoms with E-state index in [-0.39, 0.29) is 5.92 Å². The molecule has 104 valence electrons. The molecule has 1 heterocycles. The van der Waals surface area contributed by atoms with E-state index in [0.717, 1.165) is 6.42 Å². The Labute approximate surface area is 106 Å². The molecule has 3 N–H and O–H groups in total. The van der Waals surface area contributed by atoms with Gasteiger partial charge in [-0.15, -0.1) is 0 Å². The zero-order valence-electron chi connectivity index (χ0n) is 10.6. The van der Waals surface area contributed by atoms with Gasteiger partial charge in [-0.2, -0.15) is 0 Å². The fraction of sp³-hybridized carbons (Fsp3) is 0.818. The summed E-state index contributed by atoms with van der Waals surface area (Å²) < 4.78 is 5.02. The molecule has 3 unspecified atom stereocenters.